The summed E-state index contributed by atoms with van der Waals surface area (Å²) in [6.07, 6.45) is 9.06. The number of hydrogen-bond acceptors (Lipinski definition) is 1. The Kier molecular flexibility index (Phi) is 2.50. The Hall–Kier alpha value is -1.76. The fourth-order valence-corrected chi connectivity index (χ4v) is 1.51. The summed E-state index contributed by atoms with van der Waals surface area (Å²) < 4.78 is 0. The molecular formula is C13H13N. The standard InChI is InChI=1S/C13H13N/c14-13-8-4-7-12(10-13)9-11-5-2-1-3-6-11/h1-9H,10,14H2. The van der Waals surface area contributed by atoms with Gasteiger partial charge in [0.1, 0.15) is 0 Å². The molecule has 1 heteroatoms. The molecule has 0 unspecified atom stereocenters. The summed E-state index contributed by atoms with van der Waals surface area (Å²) in [5.41, 5.74) is 9.16. The van der Waals surface area contributed by atoms with E-state index in [-0.39, 0.29) is 0 Å². The minimum Gasteiger partial charge on any atom is -0.402 e. The Balaban J connectivity index is 2.21. The summed E-state index contributed by atoms with van der Waals surface area (Å²) >= 11 is 0. The van der Waals surface area contributed by atoms with Gasteiger partial charge in [0, 0.05) is 12.1 Å². The third-order valence-electron chi connectivity index (χ3n) is 2.18. The van der Waals surface area contributed by atoms with Crippen molar-refractivity contribution in [3.8, 4) is 0 Å². The van der Waals surface area contributed by atoms with Crippen LogP contribution in [0.3, 0.4) is 0 Å². The van der Waals surface area contributed by atoms with Gasteiger partial charge in [0.25, 0.3) is 0 Å². The van der Waals surface area contributed by atoms with Gasteiger partial charge in [-0.2, -0.15) is 0 Å². The molecule has 0 spiro atoms. The second-order valence-electron chi connectivity index (χ2n) is 3.41. The van der Waals surface area contributed by atoms with E-state index in [0.717, 1.165) is 12.1 Å². The molecule has 1 aliphatic rings. The number of allylic oxidation sites excluding steroid dienone is 4. The number of benzene rings is 1. The second kappa shape index (κ2) is 3.97. The van der Waals surface area contributed by atoms with Gasteiger partial charge in [-0.3, -0.25) is 0 Å². The first kappa shape index (κ1) is 8.82. The van der Waals surface area contributed by atoms with Crippen molar-refractivity contribution in [1.29, 1.82) is 0 Å². The van der Waals surface area contributed by atoms with E-state index in [1.54, 1.807) is 0 Å². The van der Waals surface area contributed by atoms with Crippen molar-refractivity contribution >= 4 is 6.08 Å². The van der Waals surface area contributed by atoms with Crippen LogP contribution >= 0.6 is 0 Å². The SMILES string of the molecule is NC1=CC=CC(=Cc2ccccc2)C1. The van der Waals surface area contributed by atoms with Crippen molar-refractivity contribution in [2.45, 2.75) is 6.42 Å². The van der Waals surface area contributed by atoms with Crippen LogP contribution in [0.25, 0.3) is 6.08 Å². The van der Waals surface area contributed by atoms with Gasteiger partial charge in [-0.25, -0.2) is 0 Å². The topological polar surface area (TPSA) is 26.0 Å². The number of rotatable bonds is 1. The second-order valence-corrected chi connectivity index (χ2v) is 3.41. The maximum Gasteiger partial charge on any atom is 0.0125 e. The minimum atomic E-state index is 0.853. The van der Waals surface area contributed by atoms with E-state index in [2.05, 4.69) is 24.3 Å². The predicted octanol–water partition coefficient (Wildman–Crippen LogP) is 2.87. The van der Waals surface area contributed by atoms with E-state index < -0.39 is 0 Å². The van der Waals surface area contributed by atoms with Crippen molar-refractivity contribution in [2.24, 2.45) is 5.73 Å². The van der Waals surface area contributed by atoms with E-state index in [0.29, 0.717) is 0 Å². The van der Waals surface area contributed by atoms with Gasteiger partial charge in [-0.15, -0.1) is 0 Å². The number of nitrogens with two attached hydrogens (primary N) is 1. The summed E-state index contributed by atoms with van der Waals surface area (Å²) in [5.74, 6) is 0. The molecule has 0 saturated heterocycles. The summed E-state index contributed by atoms with van der Waals surface area (Å²) in [7, 11) is 0. The van der Waals surface area contributed by atoms with Crippen LogP contribution in [0.4, 0.5) is 0 Å². The van der Waals surface area contributed by atoms with Crippen LogP contribution in [-0.4, -0.2) is 0 Å². The van der Waals surface area contributed by atoms with E-state index in [1.165, 1.54) is 11.1 Å². The lowest BCUT2D eigenvalue weighted by Gasteiger charge is -2.06. The van der Waals surface area contributed by atoms with Crippen LogP contribution in [0.2, 0.25) is 0 Å². The zero-order valence-electron chi connectivity index (χ0n) is 7.98. The molecule has 14 heavy (non-hydrogen) atoms. The largest absolute Gasteiger partial charge is 0.402 e. The molecule has 1 aromatic rings. The first-order valence-corrected chi connectivity index (χ1v) is 4.73. The van der Waals surface area contributed by atoms with Crippen LogP contribution in [0.15, 0.2) is 59.8 Å². The normalized spacial score (nSPS) is 18.3. The molecule has 70 valence electrons. The fraction of sp³-hybridized carbons (Fsp3) is 0.0769. The van der Waals surface area contributed by atoms with Gasteiger partial charge < -0.3 is 5.73 Å². The molecule has 0 atom stereocenters. The van der Waals surface area contributed by atoms with E-state index in [9.17, 15) is 0 Å². The summed E-state index contributed by atoms with van der Waals surface area (Å²) in [5, 5.41) is 0. The van der Waals surface area contributed by atoms with Gasteiger partial charge >= 0.3 is 0 Å². The highest BCUT2D eigenvalue weighted by atomic mass is 14.6. The number of hydrogen-bond donors (Lipinski definition) is 1. The van der Waals surface area contributed by atoms with E-state index >= 15 is 0 Å². The lowest BCUT2D eigenvalue weighted by atomic mass is 10.0. The molecular weight excluding hydrogens is 170 g/mol. The summed E-state index contributed by atoms with van der Waals surface area (Å²) in [6.45, 7) is 0. The Bertz CT molecular complexity index is 397. The Morgan fingerprint density at radius 2 is 1.93 bits per heavy atom. The van der Waals surface area contributed by atoms with Gasteiger partial charge in [0.15, 0.2) is 0 Å². The highest BCUT2D eigenvalue weighted by Gasteiger charge is 1.99. The minimum absolute atomic E-state index is 0.853. The van der Waals surface area contributed by atoms with Crippen molar-refractivity contribution in [3.05, 3.63) is 65.4 Å². The van der Waals surface area contributed by atoms with Crippen LogP contribution in [-0.2, 0) is 0 Å². The van der Waals surface area contributed by atoms with Gasteiger partial charge in [0.2, 0.25) is 0 Å². The predicted molar refractivity (Wildman–Crippen MR) is 60.4 cm³/mol. The molecule has 1 aromatic carbocycles. The Morgan fingerprint density at radius 3 is 2.64 bits per heavy atom. The maximum atomic E-state index is 5.75. The van der Waals surface area contributed by atoms with E-state index in [1.807, 2.05) is 30.4 Å². The molecule has 0 bridgehead atoms. The average Bonchev–Trinajstić information content (AvgIpc) is 2.19. The quantitative estimate of drug-likeness (QED) is 0.711. The van der Waals surface area contributed by atoms with Gasteiger partial charge in [-0.1, -0.05) is 48.6 Å². The molecule has 0 aliphatic heterocycles. The first-order chi connectivity index (χ1) is 6.84. The van der Waals surface area contributed by atoms with Crippen LogP contribution in [0, 0.1) is 0 Å². The molecule has 1 nitrogen and oxygen atoms in total. The van der Waals surface area contributed by atoms with Crippen molar-refractivity contribution in [3.63, 3.8) is 0 Å². The molecule has 2 rings (SSSR count). The van der Waals surface area contributed by atoms with Gasteiger partial charge in [-0.05, 0) is 17.2 Å². The fourth-order valence-electron chi connectivity index (χ4n) is 1.51. The molecule has 0 amide bonds. The molecule has 2 N–H and O–H groups in total. The molecule has 0 heterocycles. The monoisotopic (exact) mass is 183 g/mol. The van der Waals surface area contributed by atoms with Crippen LogP contribution in [0.5, 0.6) is 0 Å². The Morgan fingerprint density at radius 1 is 1.14 bits per heavy atom. The van der Waals surface area contributed by atoms with Crippen molar-refractivity contribution < 1.29 is 0 Å². The zero-order chi connectivity index (χ0) is 9.80. The highest BCUT2D eigenvalue weighted by molar-refractivity contribution is 5.57. The first-order valence-electron chi connectivity index (χ1n) is 4.73. The zero-order valence-corrected chi connectivity index (χ0v) is 7.98. The van der Waals surface area contributed by atoms with Crippen LogP contribution in [0.1, 0.15) is 12.0 Å². The molecule has 0 fully saturated rings. The van der Waals surface area contributed by atoms with Crippen molar-refractivity contribution in [1.82, 2.24) is 0 Å². The maximum absolute atomic E-state index is 5.75. The lowest BCUT2D eigenvalue weighted by molar-refractivity contribution is 1.11. The molecule has 1 aliphatic carbocycles. The van der Waals surface area contributed by atoms with Crippen LogP contribution < -0.4 is 5.73 Å². The average molecular weight is 183 g/mol. The summed E-state index contributed by atoms with van der Waals surface area (Å²) in [6, 6.07) is 10.3. The third-order valence-corrected chi connectivity index (χ3v) is 2.18. The van der Waals surface area contributed by atoms with Gasteiger partial charge in [0.05, 0.1) is 0 Å². The Labute approximate surface area is 84.3 Å². The van der Waals surface area contributed by atoms with E-state index in [4.69, 9.17) is 5.73 Å². The molecule has 0 saturated carbocycles. The third kappa shape index (κ3) is 2.13. The lowest BCUT2D eigenvalue weighted by Crippen LogP contribution is -2.00. The molecule has 0 aromatic heterocycles. The van der Waals surface area contributed by atoms with Crippen molar-refractivity contribution in [2.75, 3.05) is 0 Å². The smallest absolute Gasteiger partial charge is 0.0125 e. The molecule has 0 radical (unpaired) electrons. The highest BCUT2D eigenvalue weighted by Crippen LogP contribution is 2.17. The summed E-state index contributed by atoms with van der Waals surface area (Å²) in [4.78, 5) is 0.